The van der Waals surface area contributed by atoms with Gasteiger partial charge in [-0.05, 0) is 62.4 Å². The second kappa shape index (κ2) is 8.64. The molecule has 2 saturated carbocycles. The summed E-state index contributed by atoms with van der Waals surface area (Å²) in [7, 11) is 0. The highest BCUT2D eigenvalue weighted by molar-refractivity contribution is 5.25. The van der Waals surface area contributed by atoms with Crippen LogP contribution in [0.5, 0.6) is 0 Å². The van der Waals surface area contributed by atoms with Gasteiger partial charge in [0.15, 0.2) is 0 Å². The molecule has 0 heterocycles. The second-order valence-corrected chi connectivity index (χ2v) is 8.56. The molecule has 0 aromatic heterocycles. The molecular weight excluding hydrogens is 315 g/mol. The van der Waals surface area contributed by atoms with Gasteiger partial charge >= 0.3 is 0 Å². The maximum Gasteiger partial charge on any atom is 0.106 e. The first-order valence-electron chi connectivity index (χ1n) is 9.79. The van der Waals surface area contributed by atoms with Crippen LogP contribution in [0.2, 0.25) is 0 Å². The summed E-state index contributed by atoms with van der Waals surface area (Å²) in [5.74, 6) is 1.04. The van der Waals surface area contributed by atoms with Crippen molar-refractivity contribution in [3.63, 3.8) is 0 Å². The van der Waals surface area contributed by atoms with E-state index in [1.807, 2.05) is 12.2 Å². The Morgan fingerprint density at radius 1 is 1.24 bits per heavy atom. The molecule has 5 atom stereocenters. The van der Waals surface area contributed by atoms with Gasteiger partial charge in [0.05, 0.1) is 12.2 Å². The summed E-state index contributed by atoms with van der Waals surface area (Å²) in [6, 6.07) is 0. The molecule has 25 heavy (non-hydrogen) atoms. The van der Waals surface area contributed by atoms with Crippen LogP contribution in [0.25, 0.3) is 0 Å². The number of hydrogen-bond donors (Lipinski definition) is 2. The van der Waals surface area contributed by atoms with Crippen LogP contribution in [0.4, 0.5) is 4.39 Å². The summed E-state index contributed by atoms with van der Waals surface area (Å²) in [6.07, 6.45) is 9.90. The third kappa shape index (κ3) is 4.83. The van der Waals surface area contributed by atoms with E-state index in [-0.39, 0.29) is 5.41 Å². The molecule has 2 aliphatic rings. The minimum atomic E-state index is -0.663. The molecule has 0 amide bonds. The van der Waals surface area contributed by atoms with Crippen molar-refractivity contribution in [1.82, 2.24) is 0 Å². The zero-order chi connectivity index (χ0) is 18.6. The highest BCUT2D eigenvalue weighted by Gasteiger charge is 2.47. The number of alkyl halides is 1. The van der Waals surface area contributed by atoms with Gasteiger partial charge in [-0.25, -0.2) is 4.39 Å². The van der Waals surface area contributed by atoms with E-state index >= 15 is 0 Å². The van der Waals surface area contributed by atoms with E-state index in [9.17, 15) is 14.6 Å². The van der Waals surface area contributed by atoms with E-state index in [1.54, 1.807) is 0 Å². The number of unbranched alkanes of at least 4 members (excludes halogenated alkanes) is 1. The monoisotopic (exact) mass is 350 g/mol. The topological polar surface area (TPSA) is 40.5 Å². The lowest BCUT2D eigenvalue weighted by molar-refractivity contribution is 0.0766. The van der Waals surface area contributed by atoms with E-state index in [4.69, 9.17) is 0 Å². The molecule has 0 aliphatic heterocycles. The van der Waals surface area contributed by atoms with Gasteiger partial charge < -0.3 is 10.2 Å². The van der Waals surface area contributed by atoms with E-state index in [2.05, 4.69) is 33.4 Å². The minimum Gasteiger partial charge on any atom is -0.388 e. The second-order valence-electron chi connectivity index (χ2n) is 8.56. The normalized spacial score (nSPS) is 36.6. The van der Waals surface area contributed by atoms with Crippen LogP contribution < -0.4 is 0 Å². The number of hydrogen-bond acceptors (Lipinski definition) is 2. The predicted octanol–water partition coefficient (Wildman–Crippen LogP) is 5.12. The van der Waals surface area contributed by atoms with Crippen molar-refractivity contribution >= 4 is 0 Å². The van der Waals surface area contributed by atoms with Crippen LogP contribution in [-0.4, -0.2) is 28.6 Å². The van der Waals surface area contributed by atoms with E-state index in [1.165, 1.54) is 0 Å². The Bertz CT molecular complexity index is 506. The van der Waals surface area contributed by atoms with Crippen molar-refractivity contribution in [2.24, 2.45) is 17.3 Å². The molecule has 2 fully saturated rings. The summed E-state index contributed by atoms with van der Waals surface area (Å²) < 4.78 is 14.4. The van der Waals surface area contributed by atoms with Crippen LogP contribution >= 0.6 is 0 Å². The average Bonchev–Trinajstić information content (AvgIpc) is 2.84. The molecule has 142 valence electrons. The van der Waals surface area contributed by atoms with Gasteiger partial charge in [-0.1, -0.05) is 51.2 Å². The van der Waals surface area contributed by atoms with Crippen LogP contribution in [-0.2, 0) is 0 Å². The lowest BCUT2D eigenvalue weighted by Gasteiger charge is -2.36. The maximum absolute atomic E-state index is 14.4. The lowest BCUT2D eigenvalue weighted by Crippen LogP contribution is -2.32. The summed E-state index contributed by atoms with van der Waals surface area (Å²) in [5.41, 5.74) is 1.40. The molecule has 2 aliphatic carbocycles. The molecule has 0 spiro atoms. The Balaban J connectivity index is 1.80. The highest BCUT2D eigenvalue weighted by Crippen LogP contribution is 2.51. The summed E-state index contributed by atoms with van der Waals surface area (Å²) in [5, 5.41) is 19.7. The first kappa shape index (κ1) is 20.4. The first-order valence-corrected chi connectivity index (χ1v) is 9.79. The fourth-order valence-electron chi connectivity index (χ4n) is 4.76. The van der Waals surface area contributed by atoms with Crippen molar-refractivity contribution in [2.45, 2.75) is 84.1 Å². The average molecular weight is 351 g/mol. The smallest absolute Gasteiger partial charge is 0.106 e. The van der Waals surface area contributed by atoms with Crippen molar-refractivity contribution < 1.29 is 14.6 Å². The molecule has 0 bridgehead atoms. The van der Waals surface area contributed by atoms with Crippen molar-refractivity contribution in [3.8, 4) is 0 Å². The van der Waals surface area contributed by atoms with Crippen LogP contribution in [0.15, 0.2) is 36.0 Å². The number of aliphatic hydroxyl groups excluding tert-OH is 2. The predicted molar refractivity (Wildman–Crippen MR) is 102 cm³/mol. The third-order valence-electron chi connectivity index (χ3n) is 6.42. The lowest BCUT2D eigenvalue weighted by atomic mass is 9.70. The maximum atomic E-state index is 14.4. The van der Waals surface area contributed by atoms with Gasteiger partial charge in [0, 0.05) is 5.41 Å². The molecule has 0 saturated heterocycles. The van der Waals surface area contributed by atoms with Crippen LogP contribution in [0.1, 0.15) is 65.7 Å². The zero-order valence-corrected chi connectivity index (χ0v) is 16.0. The Kier molecular flexibility index (Phi) is 7.04. The SMILES string of the molecule is C=C1[C@H](O)CC(=C/C=C\CCC[C@@]2(C)C(F)CCC2C(C)C)C[C@H]1O. The Labute approximate surface area is 152 Å². The van der Waals surface area contributed by atoms with Crippen molar-refractivity contribution in [1.29, 1.82) is 0 Å². The van der Waals surface area contributed by atoms with Gasteiger partial charge in [-0.3, -0.25) is 0 Å². The summed E-state index contributed by atoms with van der Waals surface area (Å²) >= 11 is 0. The molecule has 2 rings (SSSR count). The number of allylic oxidation sites excluding steroid dienone is 3. The molecular formula is C22H35FO2. The van der Waals surface area contributed by atoms with Crippen molar-refractivity contribution in [3.05, 3.63) is 36.0 Å². The third-order valence-corrected chi connectivity index (χ3v) is 6.42. The van der Waals surface area contributed by atoms with Crippen LogP contribution in [0.3, 0.4) is 0 Å². The number of rotatable bonds is 6. The molecule has 2 nitrogen and oxygen atoms in total. The van der Waals surface area contributed by atoms with Crippen LogP contribution in [0, 0.1) is 17.3 Å². The summed E-state index contributed by atoms with van der Waals surface area (Å²) in [6.45, 7) is 10.3. The fraction of sp³-hybridized carbons (Fsp3) is 0.727. The quantitative estimate of drug-likeness (QED) is 0.515. The fourth-order valence-corrected chi connectivity index (χ4v) is 4.76. The molecule has 0 aromatic carbocycles. The largest absolute Gasteiger partial charge is 0.388 e. The van der Waals surface area contributed by atoms with E-state index in [0.29, 0.717) is 30.3 Å². The molecule has 0 aromatic rings. The van der Waals surface area contributed by atoms with E-state index in [0.717, 1.165) is 37.7 Å². The van der Waals surface area contributed by atoms with Gasteiger partial charge in [-0.2, -0.15) is 0 Å². The Hall–Kier alpha value is -0.930. The minimum absolute atomic E-state index is 0.168. The Morgan fingerprint density at radius 2 is 1.88 bits per heavy atom. The molecule has 2 unspecified atom stereocenters. The highest BCUT2D eigenvalue weighted by atomic mass is 19.1. The first-order chi connectivity index (χ1) is 11.8. The Morgan fingerprint density at radius 3 is 2.48 bits per heavy atom. The molecule has 2 N–H and O–H groups in total. The van der Waals surface area contributed by atoms with Gasteiger partial charge in [0.25, 0.3) is 0 Å². The van der Waals surface area contributed by atoms with Crippen molar-refractivity contribution in [2.75, 3.05) is 0 Å². The molecule has 0 radical (unpaired) electrons. The van der Waals surface area contributed by atoms with Gasteiger partial charge in [0.1, 0.15) is 6.17 Å². The zero-order valence-electron chi connectivity index (χ0n) is 16.0. The number of aliphatic hydroxyl groups is 2. The molecule has 3 heteroatoms. The van der Waals surface area contributed by atoms with Gasteiger partial charge in [-0.15, -0.1) is 0 Å². The standard InChI is InChI=1S/C22H35FO2/c1-15(2)18-10-11-21(23)22(18,4)12-8-6-5-7-9-17-13-19(24)16(3)20(25)14-17/h5,7,9,15,18-21,24-25H,3,6,8,10-14H2,1-2,4H3/b7-5-/t18?,19-,20-,21?,22-/m1/s1. The van der Waals surface area contributed by atoms with Gasteiger partial charge in [0.2, 0.25) is 0 Å². The summed E-state index contributed by atoms with van der Waals surface area (Å²) in [4.78, 5) is 0. The number of halogens is 1. The van der Waals surface area contributed by atoms with E-state index < -0.39 is 18.4 Å².